The average molecular weight is 226 g/mol. The van der Waals surface area contributed by atoms with Crippen LogP contribution in [0.2, 0.25) is 0 Å². The summed E-state index contributed by atoms with van der Waals surface area (Å²) in [4.78, 5) is 13.2. The van der Waals surface area contributed by atoms with Crippen molar-refractivity contribution in [3.8, 4) is 0 Å². The molecule has 5 heteroatoms. The van der Waals surface area contributed by atoms with E-state index in [0.29, 0.717) is 12.2 Å². The van der Waals surface area contributed by atoms with Crippen LogP contribution >= 0.6 is 0 Å². The number of carbonyl (C=O) groups is 1. The van der Waals surface area contributed by atoms with E-state index in [4.69, 9.17) is 10.8 Å². The first kappa shape index (κ1) is 12.4. The number of likely N-dealkylation sites (N-methyl/N-ethyl adjacent to an activating group) is 1. The summed E-state index contributed by atoms with van der Waals surface area (Å²) >= 11 is 0. The number of carbonyl (C=O) groups excluding carboxylic acids is 1. The third-order valence-corrected chi connectivity index (χ3v) is 2.26. The summed E-state index contributed by atoms with van der Waals surface area (Å²) in [5.74, 6) is -1.06. The molecule has 3 N–H and O–H groups in total. The highest BCUT2D eigenvalue weighted by Crippen LogP contribution is 2.14. The van der Waals surface area contributed by atoms with Gasteiger partial charge in [0.2, 0.25) is 0 Å². The van der Waals surface area contributed by atoms with E-state index in [1.807, 2.05) is 0 Å². The van der Waals surface area contributed by atoms with E-state index in [-0.39, 0.29) is 18.7 Å². The van der Waals surface area contributed by atoms with E-state index in [0.717, 1.165) is 6.07 Å². The maximum Gasteiger partial charge on any atom is 0.256 e. The van der Waals surface area contributed by atoms with Crippen LogP contribution in [0.5, 0.6) is 0 Å². The Bertz CT molecular complexity index is 382. The molecule has 0 aliphatic heterocycles. The Kier molecular flexibility index (Phi) is 4.25. The van der Waals surface area contributed by atoms with Gasteiger partial charge in [-0.1, -0.05) is 0 Å². The lowest BCUT2D eigenvalue weighted by atomic mass is 10.1. The number of nitrogen functional groups attached to an aromatic ring is 1. The molecular weight excluding hydrogens is 211 g/mol. The Morgan fingerprint density at radius 1 is 1.56 bits per heavy atom. The standard InChI is InChI=1S/C11H15FN2O2/c1-2-14(5-6-15)11(16)9-7-8(13)3-4-10(9)12/h3-4,7,15H,2,5-6,13H2,1H3. The van der Waals surface area contributed by atoms with Gasteiger partial charge in [0.05, 0.1) is 12.2 Å². The predicted octanol–water partition coefficient (Wildman–Crippen LogP) is 0.862. The molecular formula is C11H15FN2O2. The summed E-state index contributed by atoms with van der Waals surface area (Å²) in [5.41, 5.74) is 5.77. The minimum Gasteiger partial charge on any atom is -0.399 e. The van der Waals surface area contributed by atoms with Crippen LogP contribution < -0.4 is 5.73 Å². The Balaban J connectivity index is 2.98. The lowest BCUT2D eigenvalue weighted by Crippen LogP contribution is -2.33. The van der Waals surface area contributed by atoms with Crippen LogP contribution in [0.3, 0.4) is 0 Å². The van der Waals surface area contributed by atoms with Crippen LogP contribution in [0.1, 0.15) is 17.3 Å². The predicted molar refractivity (Wildman–Crippen MR) is 59.5 cm³/mol. The van der Waals surface area contributed by atoms with Crippen LogP contribution in [-0.4, -0.2) is 35.6 Å². The van der Waals surface area contributed by atoms with Gasteiger partial charge in [-0.05, 0) is 25.1 Å². The quantitative estimate of drug-likeness (QED) is 0.748. The topological polar surface area (TPSA) is 66.6 Å². The molecule has 4 nitrogen and oxygen atoms in total. The number of halogens is 1. The molecule has 16 heavy (non-hydrogen) atoms. The zero-order chi connectivity index (χ0) is 12.1. The fourth-order valence-corrected chi connectivity index (χ4v) is 1.40. The highest BCUT2D eigenvalue weighted by atomic mass is 19.1. The van der Waals surface area contributed by atoms with E-state index in [9.17, 15) is 9.18 Å². The molecule has 1 aromatic rings. The van der Waals surface area contributed by atoms with Crippen molar-refractivity contribution < 1.29 is 14.3 Å². The van der Waals surface area contributed by atoms with Gasteiger partial charge < -0.3 is 15.7 Å². The smallest absolute Gasteiger partial charge is 0.256 e. The van der Waals surface area contributed by atoms with Gasteiger partial charge in [0.25, 0.3) is 5.91 Å². The molecule has 1 rings (SSSR count). The van der Waals surface area contributed by atoms with Crippen LogP contribution in [-0.2, 0) is 0 Å². The zero-order valence-electron chi connectivity index (χ0n) is 9.11. The summed E-state index contributed by atoms with van der Waals surface area (Å²) < 4.78 is 13.4. The first-order chi connectivity index (χ1) is 7.60. The van der Waals surface area contributed by atoms with Crippen molar-refractivity contribution in [2.45, 2.75) is 6.92 Å². The lowest BCUT2D eigenvalue weighted by Gasteiger charge is -2.20. The number of hydrogen-bond acceptors (Lipinski definition) is 3. The SMILES string of the molecule is CCN(CCO)C(=O)c1cc(N)ccc1F. The average Bonchev–Trinajstić information content (AvgIpc) is 2.28. The number of nitrogens with two attached hydrogens (primary N) is 1. The normalized spacial score (nSPS) is 10.2. The van der Waals surface area contributed by atoms with Crippen molar-refractivity contribution in [1.29, 1.82) is 0 Å². The second-order valence-electron chi connectivity index (χ2n) is 3.35. The maximum atomic E-state index is 13.4. The van der Waals surface area contributed by atoms with Gasteiger partial charge in [-0.15, -0.1) is 0 Å². The molecule has 0 saturated carbocycles. The summed E-state index contributed by atoms with van der Waals surface area (Å²) in [7, 11) is 0. The summed E-state index contributed by atoms with van der Waals surface area (Å²) in [6, 6.07) is 3.86. The highest BCUT2D eigenvalue weighted by molar-refractivity contribution is 5.95. The van der Waals surface area contributed by atoms with Gasteiger partial charge in [0, 0.05) is 18.8 Å². The number of nitrogens with zero attached hydrogens (tertiary/aromatic N) is 1. The monoisotopic (exact) mass is 226 g/mol. The second kappa shape index (κ2) is 5.46. The molecule has 88 valence electrons. The number of aliphatic hydroxyl groups is 1. The Morgan fingerprint density at radius 3 is 2.81 bits per heavy atom. The number of aliphatic hydroxyl groups excluding tert-OH is 1. The lowest BCUT2D eigenvalue weighted by molar-refractivity contribution is 0.0727. The Morgan fingerprint density at radius 2 is 2.25 bits per heavy atom. The van der Waals surface area contributed by atoms with E-state index in [2.05, 4.69) is 0 Å². The van der Waals surface area contributed by atoms with Gasteiger partial charge in [-0.25, -0.2) is 4.39 Å². The first-order valence-corrected chi connectivity index (χ1v) is 5.05. The third kappa shape index (κ3) is 2.70. The second-order valence-corrected chi connectivity index (χ2v) is 3.35. The largest absolute Gasteiger partial charge is 0.399 e. The Hall–Kier alpha value is -1.62. The molecule has 0 bridgehead atoms. The van der Waals surface area contributed by atoms with Crippen molar-refractivity contribution in [3.63, 3.8) is 0 Å². The van der Waals surface area contributed by atoms with Crippen LogP contribution in [0.25, 0.3) is 0 Å². The fourth-order valence-electron chi connectivity index (χ4n) is 1.40. The highest BCUT2D eigenvalue weighted by Gasteiger charge is 2.17. The molecule has 0 unspecified atom stereocenters. The summed E-state index contributed by atoms with van der Waals surface area (Å²) in [6.45, 7) is 2.21. The third-order valence-electron chi connectivity index (χ3n) is 2.26. The fraction of sp³-hybridized carbons (Fsp3) is 0.364. The van der Waals surface area contributed by atoms with Crippen molar-refractivity contribution in [1.82, 2.24) is 4.90 Å². The number of amides is 1. The van der Waals surface area contributed by atoms with Gasteiger partial charge in [0.1, 0.15) is 5.82 Å². The van der Waals surface area contributed by atoms with E-state index >= 15 is 0 Å². The molecule has 0 aliphatic rings. The number of hydrogen-bond donors (Lipinski definition) is 2. The van der Waals surface area contributed by atoms with Crippen molar-refractivity contribution in [3.05, 3.63) is 29.6 Å². The summed E-state index contributed by atoms with van der Waals surface area (Å²) in [6.07, 6.45) is 0. The Labute approximate surface area is 93.5 Å². The molecule has 0 saturated heterocycles. The van der Waals surface area contributed by atoms with Crippen molar-refractivity contribution in [2.24, 2.45) is 0 Å². The zero-order valence-corrected chi connectivity index (χ0v) is 9.11. The molecule has 1 amide bonds. The van der Waals surface area contributed by atoms with Crippen LogP contribution in [0.15, 0.2) is 18.2 Å². The molecule has 0 atom stereocenters. The molecule has 0 heterocycles. The van der Waals surface area contributed by atoms with E-state index < -0.39 is 11.7 Å². The summed E-state index contributed by atoms with van der Waals surface area (Å²) in [5, 5.41) is 8.78. The van der Waals surface area contributed by atoms with E-state index in [1.165, 1.54) is 17.0 Å². The first-order valence-electron chi connectivity index (χ1n) is 5.05. The van der Waals surface area contributed by atoms with Gasteiger partial charge >= 0.3 is 0 Å². The molecule has 1 aromatic carbocycles. The molecule has 0 spiro atoms. The van der Waals surface area contributed by atoms with Crippen LogP contribution in [0, 0.1) is 5.82 Å². The van der Waals surface area contributed by atoms with Crippen molar-refractivity contribution >= 4 is 11.6 Å². The molecule has 0 aromatic heterocycles. The maximum absolute atomic E-state index is 13.4. The minimum absolute atomic E-state index is 0.0599. The number of anilines is 1. The molecule has 0 aliphatic carbocycles. The van der Waals surface area contributed by atoms with E-state index in [1.54, 1.807) is 6.92 Å². The molecule has 0 radical (unpaired) electrons. The van der Waals surface area contributed by atoms with Crippen LogP contribution in [0.4, 0.5) is 10.1 Å². The van der Waals surface area contributed by atoms with Gasteiger partial charge in [0.15, 0.2) is 0 Å². The minimum atomic E-state index is -0.601. The van der Waals surface area contributed by atoms with Crippen molar-refractivity contribution in [2.75, 3.05) is 25.4 Å². The number of rotatable bonds is 4. The van der Waals surface area contributed by atoms with Gasteiger partial charge in [-0.3, -0.25) is 4.79 Å². The molecule has 0 fully saturated rings. The van der Waals surface area contributed by atoms with Gasteiger partial charge in [-0.2, -0.15) is 0 Å². The number of benzene rings is 1.